The molecular weight excluding hydrogens is 325 g/mol. The van der Waals surface area contributed by atoms with E-state index in [0.717, 1.165) is 5.56 Å². The van der Waals surface area contributed by atoms with Crippen LogP contribution in [0.15, 0.2) is 30.3 Å². The van der Waals surface area contributed by atoms with Crippen LogP contribution in [0.2, 0.25) is 0 Å². The van der Waals surface area contributed by atoms with Crippen molar-refractivity contribution < 1.29 is 19.2 Å². The summed E-state index contributed by atoms with van der Waals surface area (Å²) in [7, 11) is 0. The number of unbranched alkanes of at least 4 members (excludes halogenated alkanes) is 1. The van der Waals surface area contributed by atoms with Gasteiger partial charge in [0.1, 0.15) is 12.1 Å². The van der Waals surface area contributed by atoms with E-state index in [-0.39, 0.29) is 6.54 Å². The quantitative estimate of drug-likeness (QED) is 0.524. The van der Waals surface area contributed by atoms with Gasteiger partial charge in [0, 0.05) is 6.54 Å². The number of hydrogen-bond donors (Lipinski definition) is 2. The van der Waals surface area contributed by atoms with Crippen LogP contribution in [0.4, 0.5) is 4.48 Å². The van der Waals surface area contributed by atoms with Crippen molar-refractivity contribution in [3.63, 3.8) is 0 Å². The number of carboxylic acid groups (broad SMARTS) is 1. The SMILES string of the molecule is NCCCCC(C(=O)N1CCC[C@@H]1C(=O)O)N(F)Cc1ccccc1. The first-order valence-corrected chi connectivity index (χ1v) is 8.74. The molecule has 1 amide bonds. The minimum Gasteiger partial charge on any atom is -0.480 e. The summed E-state index contributed by atoms with van der Waals surface area (Å²) >= 11 is 0. The van der Waals surface area contributed by atoms with Gasteiger partial charge in [0.2, 0.25) is 5.91 Å². The Balaban J connectivity index is 2.10. The highest BCUT2D eigenvalue weighted by atomic mass is 19.2. The number of amides is 1. The number of carboxylic acids is 1. The van der Waals surface area contributed by atoms with E-state index >= 15 is 0 Å². The zero-order chi connectivity index (χ0) is 18.2. The molecule has 1 unspecified atom stereocenters. The molecule has 1 aliphatic rings. The molecule has 3 N–H and O–H groups in total. The van der Waals surface area contributed by atoms with Gasteiger partial charge in [-0.3, -0.25) is 4.79 Å². The molecule has 0 aromatic heterocycles. The van der Waals surface area contributed by atoms with Gasteiger partial charge in [-0.1, -0.05) is 36.8 Å². The fourth-order valence-electron chi connectivity index (χ4n) is 3.21. The molecule has 0 aliphatic carbocycles. The minimum absolute atomic E-state index is 0.00848. The van der Waals surface area contributed by atoms with Gasteiger partial charge in [0.15, 0.2) is 0 Å². The van der Waals surface area contributed by atoms with Gasteiger partial charge in [0.25, 0.3) is 0 Å². The zero-order valence-electron chi connectivity index (χ0n) is 14.3. The molecule has 7 heteroatoms. The zero-order valence-corrected chi connectivity index (χ0v) is 14.3. The number of hydrogen-bond acceptors (Lipinski definition) is 4. The predicted molar refractivity (Wildman–Crippen MR) is 92.2 cm³/mol. The van der Waals surface area contributed by atoms with E-state index in [1.807, 2.05) is 18.2 Å². The van der Waals surface area contributed by atoms with Gasteiger partial charge in [0.05, 0.1) is 6.54 Å². The lowest BCUT2D eigenvalue weighted by Crippen LogP contribution is -2.49. The molecule has 1 aromatic carbocycles. The number of aliphatic carboxylic acids is 1. The van der Waals surface area contributed by atoms with Crippen LogP contribution in [0, 0.1) is 0 Å². The lowest BCUT2D eigenvalue weighted by atomic mass is 10.1. The van der Waals surface area contributed by atoms with Crippen molar-refractivity contribution in [2.24, 2.45) is 5.73 Å². The highest BCUT2D eigenvalue weighted by Gasteiger charge is 2.39. The van der Waals surface area contributed by atoms with E-state index in [1.54, 1.807) is 12.1 Å². The first-order chi connectivity index (χ1) is 12.0. The van der Waals surface area contributed by atoms with E-state index in [2.05, 4.69) is 0 Å². The molecule has 2 atom stereocenters. The van der Waals surface area contributed by atoms with Crippen LogP contribution in [0.5, 0.6) is 0 Å². The van der Waals surface area contributed by atoms with Gasteiger partial charge in [-0.25, -0.2) is 4.79 Å². The fourth-order valence-corrected chi connectivity index (χ4v) is 3.21. The maximum atomic E-state index is 14.8. The van der Waals surface area contributed by atoms with Crippen molar-refractivity contribution >= 4 is 11.9 Å². The second-order valence-electron chi connectivity index (χ2n) is 6.37. The Bertz CT molecular complexity index is 570. The Morgan fingerprint density at radius 3 is 2.68 bits per heavy atom. The number of benzene rings is 1. The van der Waals surface area contributed by atoms with Gasteiger partial charge in [-0.15, -0.1) is 9.60 Å². The fraction of sp³-hybridized carbons (Fsp3) is 0.556. The van der Waals surface area contributed by atoms with Crippen LogP contribution < -0.4 is 5.73 Å². The lowest BCUT2D eigenvalue weighted by Gasteiger charge is -2.29. The number of likely N-dealkylation sites (tertiary alicyclic amines) is 1. The Kier molecular flexibility index (Phi) is 7.33. The number of carbonyl (C=O) groups excluding carboxylic acids is 1. The second-order valence-corrected chi connectivity index (χ2v) is 6.37. The summed E-state index contributed by atoms with van der Waals surface area (Å²) in [5, 5.41) is 9.82. The number of nitrogens with zero attached hydrogens (tertiary/aromatic N) is 2. The van der Waals surface area contributed by atoms with Crippen molar-refractivity contribution in [1.82, 2.24) is 10.0 Å². The van der Waals surface area contributed by atoms with Crippen molar-refractivity contribution in [1.29, 1.82) is 0 Å². The Morgan fingerprint density at radius 2 is 2.04 bits per heavy atom. The molecule has 0 saturated carbocycles. The van der Waals surface area contributed by atoms with E-state index < -0.39 is 24.0 Å². The summed E-state index contributed by atoms with van der Waals surface area (Å²) in [4.78, 5) is 25.5. The molecule has 6 nitrogen and oxygen atoms in total. The monoisotopic (exact) mass is 351 g/mol. The summed E-state index contributed by atoms with van der Waals surface area (Å²) in [6, 6.07) is 7.23. The maximum Gasteiger partial charge on any atom is 0.326 e. The molecule has 25 heavy (non-hydrogen) atoms. The van der Waals surface area contributed by atoms with Crippen molar-refractivity contribution in [3.8, 4) is 0 Å². The average Bonchev–Trinajstić information content (AvgIpc) is 3.09. The molecule has 0 bridgehead atoms. The summed E-state index contributed by atoms with van der Waals surface area (Å²) in [5.41, 5.74) is 6.26. The molecule has 138 valence electrons. The Hall–Kier alpha value is -1.99. The molecule has 1 aromatic rings. The maximum absolute atomic E-state index is 14.8. The third kappa shape index (κ3) is 5.24. The number of carbonyl (C=O) groups is 2. The molecule has 1 saturated heterocycles. The molecule has 0 spiro atoms. The molecule has 0 radical (unpaired) electrons. The smallest absolute Gasteiger partial charge is 0.326 e. The highest BCUT2D eigenvalue weighted by Crippen LogP contribution is 2.23. The van der Waals surface area contributed by atoms with Crippen LogP contribution in [0.25, 0.3) is 0 Å². The largest absolute Gasteiger partial charge is 0.480 e. The van der Waals surface area contributed by atoms with Crippen LogP contribution in [-0.2, 0) is 16.1 Å². The Morgan fingerprint density at radius 1 is 1.32 bits per heavy atom. The van der Waals surface area contributed by atoms with E-state index in [9.17, 15) is 19.2 Å². The number of halogens is 1. The van der Waals surface area contributed by atoms with Crippen LogP contribution >= 0.6 is 0 Å². The second kappa shape index (κ2) is 9.48. The normalized spacial score (nSPS) is 18.5. The third-order valence-corrected chi connectivity index (χ3v) is 4.55. The lowest BCUT2D eigenvalue weighted by molar-refractivity contribution is -0.155. The van der Waals surface area contributed by atoms with E-state index in [1.165, 1.54) is 4.90 Å². The van der Waals surface area contributed by atoms with Crippen LogP contribution in [0.3, 0.4) is 0 Å². The summed E-state index contributed by atoms with van der Waals surface area (Å²) in [6.07, 6.45) is 2.69. The summed E-state index contributed by atoms with van der Waals surface area (Å²) in [6.45, 7) is 0.834. The van der Waals surface area contributed by atoms with Gasteiger partial charge in [-0.05, 0) is 37.8 Å². The van der Waals surface area contributed by atoms with Crippen molar-refractivity contribution in [2.75, 3.05) is 13.1 Å². The van der Waals surface area contributed by atoms with Gasteiger partial charge < -0.3 is 15.7 Å². The van der Waals surface area contributed by atoms with E-state index in [4.69, 9.17) is 5.73 Å². The topological polar surface area (TPSA) is 86.9 Å². The molecular formula is C18H26FN3O3. The molecule has 1 fully saturated rings. The summed E-state index contributed by atoms with van der Waals surface area (Å²) in [5.74, 6) is -1.47. The third-order valence-electron chi connectivity index (χ3n) is 4.55. The molecule has 1 heterocycles. The number of rotatable bonds is 9. The predicted octanol–water partition coefficient (Wildman–Crippen LogP) is 1.95. The molecule has 2 rings (SSSR count). The highest BCUT2D eigenvalue weighted by molar-refractivity contribution is 5.87. The van der Waals surface area contributed by atoms with Gasteiger partial charge in [-0.2, -0.15) is 0 Å². The van der Waals surface area contributed by atoms with Crippen LogP contribution in [0.1, 0.15) is 37.7 Å². The minimum atomic E-state index is -1.03. The van der Waals surface area contributed by atoms with Crippen molar-refractivity contribution in [3.05, 3.63) is 35.9 Å². The first kappa shape index (κ1) is 19.3. The number of nitrogens with two attached hydrogens (primary N) is 1. The summed E-state index contributed by atoms with van der Waals surface area (Å²) < 4.78 is 14.8. The Labute approximate surface area is 147 Å². The van der Waals surface area contributed by atoms with E-state index in [0.29, 0.717) is 50.3 Å². The standard InChI is InChI=1S/C18H26FN3O3/c19-22(13-14-7-2-1-3-8-14)15(9-4-5-11-20)17(23)21-12-6-10-16(21)18(24)25/h1-3,7-8,15-16H,4-6,9-13,20H2,(H,24,25)/t15?,16-/m1/s1. The first-order valence-electron chi connectivity index (χ1n) is 8.74. The molecule has 1 aliphatic heterocycles. The average molecular weight is 351 g/mol. The van der Waals surface area contributed by atoms with Gasteiger partial charge >= 0.3 is 5.97 Å². The van der Waals surface area contributed by atoms with Crippen molar-refractivity contribution in [2.45, 2.75) is 50.7 Å². The van der Waals surface area contributed by atoms with Crippen LogP contribution in [-0.4, -0.2) is 52.2 Å².